The molecule has 2 rings (SSSR count). The highest BCUT2D eigenvalue weighted by molar-refractivity contribution is 9.10. The summed E-state index contributed by atoms with van der Waals surface area (Å²) >= 11 is 10.3. The Bertz CT molecular complexity index is 517. The van der Waals surface area contributed by atoms with E-state index in [4.69, 9.17) is 0 Å². The van der Waals surface area contributed by atoms with E-state index in [-0.39, 0.29) is 10.6 Å². The minimum atomic E-state index is -0.223. The van der Waals surface area contributed by atoms with Crippen molar-refractivity contribution in [1.82, 2.24) is 0 Å². The van der Waals surface area contributed by atoms with E-state index in [0.29, 0.717) is 0 Å². The first-order chi connectivity index (χ1) is 8.54. The van der Waals surface area contributed by atoms with Gasteiger partial charge in [0.15, 0.2) is 0 Å². The summed E-state index contributed by atoms with van der Waals surface area (Å²) in [6.07, 6.45) is 0.823. The van der Waals surface area contributed by atoms with Crippen LogP contribution < -0.4 is 0 Å². The van der Waals surface area contributed by atoms with Gasteiger partial charge >= 0.3 is 0 Å². The highest BCUT2D eigenvalue weighted by atomic mass is 79.9. The second kappa shape index (κ2) is 6.31. The molecule has 4 heteroatoms. The minimum absolute atomic E-state index is 0.102. The van der Waals surface area contributed by atoms with Crippen LogP contribution >= 0.6 is 47.8 Å². The normalized spacial score (nSPS) is 12.4. The molecule has 0 radical (unpaired) electrons. The molecule has 0 aromatic heterocycles. The van der Waals surface area contributed by atoms with Gasteiger partial charge in [-0.3, -0.25) is 0 Å². The topological polar surface area (TPSA) is 0 Å². The van der Waals surface area contributed by atoms with Crippen LogP contribution in [0.1, 0.15) is 16.0 Å². The van der Waals surface area contributed by atoms with Gasteiger partial charge in [-0.2, -0.15) is 0 Å². The molecule has 1 atom stereocenters. The first-order valence-electron chi connectivity index (χ1n) is 5.39. The molecule has 1 unspecified atom stereocenters. The van der Waals surface area contributed by atoms with Gasteiger partial charge in [0, 0.05) is 13.8 Å². The maximum atomic E-state index is 13.3. The predicted molar refractivity (Wildman–Crippen MR) is 83.6 cm³/mol. The maximum absolute atomic E-state index is 13.3. The van der Waals surface area contributed by atoms with Crippen molar-refractivity contribution in [2.24, 2.45) is 0 Å². The van der Waals surface area contributed by atoms with E-state index < -0.39 is 0 Å². The average Bonchev–Trinajstić information content (AvgIpc) is 2.31. The van der Waals surface area contributed by atoms with E-state index in [0.717, 1.165) is 20.9 Å². The fraction of sp³-hybridized carbons (Fsp3) is 0.143. The van der Waals surface area contributed by atoms with Crippen LogP contribution in [0.5, 0.6) is 0 Å². The lowest BCUT2D eigenvalue weighted by molar-refractivity contribution is 0.624. The monoisotopic (exact) mass is 434 g/mol. The van der Waals surface area contributed by atoms with Gasteiger partial charge in [0.05, 0.1) is 0 Å². The van der Waals surface area contributed by atoms with Crippen LogP contribution in [0.2, 0.25) is 0 Å². The Morgan fingerprint density at radius 3 is 2.22 bits per heavy atom. The van der Waals surface area contributed by atoms with Crippen LogP contribution in [0.4, 0.5) is 4.39 Å². The SMILES string of the molecule is Fc1cc(Br)cc(C(Br)Cc2ccc(Br)cc2)c1. The summed E-state index contributed by atoms with van der Waals surface area (Å²) in [5, 5.41) is 0. The molecule has 0 saturated heterocycles. The Morgan fingerprint density at radius 1 is 0.944 bits per heavy atom. The van der Waals surface area contributed by atoms with Crippen LogP contribution in [0.15, 0.2) is 51.4 Å². The largest absolute Gasteiger partial charge is 0.207 e. The third-order valence-corrected chi connectivity index (χ3v) is 4.41. The molecule has 0 saturated carbocycles. The number of halogens is 4. The number of alkyl halides is 1. The van der Waals surface area contributed by atoms with Crippen LogP contribution in [-0.2, 0) is 6.42 Å². The summed E-state index contributed by atoms with van der Waals surface area (Å²) in [7, 11) is 0. The summed E-state index contributed by atoms with van der Waals surface area (Å²) in [6.45, 7) is 0. The molecule has 94 valence electrons. The summed E-state index contributed by atoms with van der Waals surface area (Å²) < 4.78 is 15.1. The lowest BCUT2D eigenvalue weighted by atomic mass is 10.0. The minimum Gasteiger partial charge on any atom is -0.207 e. The molecule has 0 aliphatic carbocycles. The van der Waals surface area contributed by atoms with Gasteiger partial charge in [0.1, 0.15) is 5.82 Å². The molecule has 0 bridgehead atoms. The van der Waals surface area contributed by atoms with Crippen LogP contribution in [0, 0.1) is 5.82 Å². The summed E-state index contributed by atoms with van der Waals surface area (Å²) in [5.74, 6) is -0.223. The fourth-order valence-corrected chi connectivity index (χ4v) is 3.09. The van der Waals surface area contributed by atoms with Crippen molar-refractivity contribution in [2.45, 2.75) is 11.2 Å². The zero-order valence-electron chi connectivity index (χ0n) is 9.34. The molecule has 0 heterocycles. The highest BCUT2D eigenvalue weighted by Gasteiger charge is 2.10. The van der Waals surface area contributed by atoms with Crippen molar-refractivity contribution in [1.29, 1.82) is 0 Å². The van der Waals surface area contributed by atoms with Crippen LogP contribution in [0.25, 0.3) is 0 Å². The molecule has 2 aromatic carbocycles. The van der Waals surface area contributed by atoms with Gasteiger partial charge in [0.25, 0.3) is 0 Å². The molecule has 0 N–H and O–H groups in total. The third kappa shape index (κ3) is 3.90. The van der Waals surface area contributed by atoms with E-state index >= 15 is 0 Å². The summed E-state index contributed by atoms with van der Waals surface area (Å²) in [6, 6.07) is 13.1. The van der Waals surface area contributed by atoms with Crippen LogP contribution in [-0.4, -0.2) is 0 Å². The Kier molecular flexibility index (Phi) is 4.98. The molecular formula is C14H10Br3F. The van der Waals surface area contributed by atoms with Crippen LogP contribution in [0.3, 0.4) is 0 Å². The molecule has 18 heavy (non-hydrogen) atoms. The third-order valence-electron chi connectivity index (χ3n) is 2.57. The standard InChI is InChI=1S/C14H10Br3F/c15-11-3-1-9(2-4-11)5-14(17)10-6-12(16)8-13(18)7-10/h1-4,6-8,14H,5H2. The van der Waals surface area contributed by atoms with Gasteiger partial charge in [0.2, 0.25) is 0 Å². The van der Waals surface area contributed by atoms with E-state index in [9.17, 15) is 4.39 Å². The van der Waals surface area contributed by atoms with Gasteiger partial charge < -0.3 is 0 Å². The van der Waals surface area contributed by atoms with E-state index in [1.54, 1.807) is 6.07 Å². The average molecular weight is 437 g/mol. The number of benzene rings is 2. The Labute approximate surface area is 131 Å². The predicted octanol–water partition coefficient (Wildman–Crippen LogP) is 6.03. The van der Waals surface area contributed by atoms with E-state index in [2.05, 4.69) is 59.9 Å². The van der Waals surface area contributed by atoms with Gasteiger partial charge in [-0.1, -0.05) is 59.9 Å². The second-order valence-electron chi connectivity index (χ2n) is 4.00. The highest BCUT2D eigenvalue weighted by Crippen LogP contribution is 2.30. The molecular weight excluding hydrogens is 427 g/mol. The van der Waals surface area contributed by atoms with Crippen molar-refractivity contribution in [2.75, 3.05) is 0 Å². The lowest BCUT2D eigenvalue weighted by Gasteiger charge is -2.11. The number of rotatable bonds is 3. The molecule has 0 aliphatic heterocycles. The molecule has 0 nitrogen and oxygen atoms in total. The van der Waals surface area contributed by atoms with Crippen molar-refractivity contribution in [3.05, 3.63) is 68.4 Å². The van der Waals surface area contributed by atoms with Crippen molar-refractivity contribution < 1.29 is 4.39 Å². The summed E-state index contributed by atoms with van der Waals surface area (Å²) in [5.41, 5.74) is 2.14. The first kappa shape index (κ1) is 14.2. The second-order valence-corrected chi connectivity index (χ2v) is 6.94. The van der Waals surface area contributed by atoms with Gasteiger partial charge in [-0.05, 0) is 47.9 Å². The molecule has 2 aromatic rings. The zero-order valence-corrected chi connectivity index (χ0v) is 14.1. The Morgan fingerprint density at radius 2 is 1.61 bits per heavy atom. The number of hydrogen-bond donors (Lipinski definition) is 0. The Hall–Kier alpha value is -0.190. The number of hydrogen-bond acceptors (Lipinski definition) is 0. The first-order valence-corrected chi connectivity index (χ1v) is 7.89. The van der Waals surface area contributed by atoms with E-state index in [1.807, 2.05) is 18.2 Å². The fourth-order valence-electron chi connectivity index (χ4n) is 1.70. The molecule has 0 aliphatic rings. The molecule has 0 fully saturated rings. The van der Waals surface area contributed by atoms with Crippen molar-refractivity contribution in [3.8, 4) is 0 Å². The molecule has 0 amide bonds. The Balaban J connectivity index is 2.16. The van der Waals surface area contributed by atoms with E-state index in [1.165, 1.54) is 11.6 Å². The van der Waals surface area contributed by atoms with Gasteiger partial charge in [-0.25, -0.2) is 4.39 Å². The molecule has 0 spiro atoms. The zero-order chi connectivity index (χ0) is 13.1. The lowest BCUT2D eigenvalue weighted by Crippen LogP contribution is -1.96. The van der Waals surface area contributed by atoms with Crippen molar-refractivity contribution >= 4 is 47.8 Å². The maximum Gasteiger partial charge on any atom is 0.124 e. The van der Waals surface area contributed by atoms with Crippen molar-refractivity contribution in [3.63, 3.8) is 0 Å². The van der Waals surface area contributed by atoms with Gasteiger partial charge in [-0.15, -0.1) is 0 Å². The smallest absolute Gasteiger partial charge is 0.124 e. The quantitative estimate of drug-likeness (QED) is 0.515. The summed E-state index contributed by atoms with van der Waals surface area (Å²) in [4.78, 5) is 0.102.